The summed E-state index contributed by atoms with van der Waals surface area (Å²) < 4.78 is 0. The molecule has 0 aliphatic carbocycles. The van der Waals surface area contributed by atoms with E-state index in [0.717, 1.165) is 4.83 Å². The number of rotatable bonds is 19. The molecule has 0 saturated heterocycles. The van der Waals surface area contributed by atoms with Gasteiger partial charge in [0.25, 0.3) is 0 Å². The molecule has 0 aliphatic rings. The van der Waals surface area contributed by atoms with Crippen molar-refractivity contribution in [3.8, 4) is 0 Å². The summed E-state index contributed by atoms with van der Waals surface area (Å²) in [7, 11) is 0. The first-order valence-electron chi connectivity index (χ1n) is 10.9. The number of halogens is 1. The monoisotopic (exact) mass is 388 g/mol. The highest BCUT2D eigenvalue weighted by atomic mass is 79.9. The molecule has 1 atom stereocenters. The molecule has 0 rings (SSSR count). The molecule has 0 fully saturated rings. The fourth-order valence-corrected chi connectivity index (χ4v) is 3.97. The van der Waals surface area contributed by atoms with Crippen molar-refractivity contribution in [1.82, 2.24) is 0 Å². The van der Waals surface area contributed by atoms with Crippen LogP contribution in [0.5, 0.6) is 0 Å². The molecule has 0 aromatic carbocycles. The maximum absolute atomic E-state index is 3.89. The summed E-state index contributed by atoms with van der Waals surface area (Å²) >= 11 is 3.89. The Hall–Kier alpha value is 0.480. The highest BCUT2D eigenvalue weighted by molar-refractivity contribution is 9.09. The predicted molar refractivity (Wildman–Crippen MR) is 112 cm³/mol. The normalized spacial score (nSPS) is 12.7. The lowest BCUT2D eigenvalue weighted by Crippen LogP contribution is -1.97. The number of hydrogen-bond donors (Lipinski definition) is 0. The van der Waals surface area contributed by atoms with Gasteiger partial charge in [0, 0.05) is 4.83 Å². The van der Waals surface area contributed by atoms with Gasteiger partial charge in [-0.1, -0.05) is 139 Å². The Kier molecular flexibility index (Phi) is 21.0. The Labute approximate surface area is 156 Å². The minimum Gasteiger partial charge on any atom is -0.0891 e. The minimum atomic E-state index is 0.784. The van der Waals surface area contributed by atoms with Crippen molar-refractivity contribution in [2.75, 3.05) is 0 Å². The third-order valence-corrected chi connectivity index (χ3v) is 5.91. The molecule has 1 unspecified atom stereocenters. The van der Waals surface area contributed by atoms with Crippen LogP contribution in [0.2, 0.25) is 0 Å². The van der Waals surface area contributed by atoms with Crippen molar-refractivity contribution in [3.05, 3.63) is 0 Å². The van der Waals surface area contributed by atoms with Crippen LogP contribution in [-0.2, 0) is 0 Å². The van der Waals surface area contributed by atoms with E-state index in [1.807, 2.05) is 0 Å². The number of unbranched alkanes of at least 4 members (excludes halogenated alkanes) is 15. The van der Waals surface area contributed by atoms with Gasteiger partial charge in [0.05, 0.1) is 0 Å². The van der Waals surface area contributed by atoms with Gasteiger partial charge in [0.1, 0.15) is 0 Å². The molecular weight excluding hydrogens is 344 g/mol. The van der Waals surface area contributed by atoms with Gasteiger partial charge >= 0.3 is 0 Å². The first-order chi connectivity index (χ1) is 11.3. The molecule has 1 heteroatoms. The van der Waals surface area contributed by atoms with E-state index < -0.39 is 0 Å². The first-order valence-corrected chi connectivity index (χ1v) is 11.9. The second kappa shape index (κ2) is 20.5. The Morgan fingerprint density at radius 2 is 0.696 bits per heavy atom. The van der Waals surface area contributed by atoms with Crippen molar-refractivity contribution < 1.29 is 0 Å². The maximum Gasteiger partial charge on any atom is 0.0145 e. The molecule has 0 aromatic rings. The van der Waals surface area contributed by atoms with E-state index in [4.69, 9.17) is 0 Å². The zero-order valence-corrected chi connectivity index (χ0v) is 18.0. The van der Waals surface area contributed by atoms with Crippen molar-refractivity contribution in [1.29, 1.82) is 0 Å². The minimum absolute atomic E-state index is 0.784. The molecule has 23 heavy (non-hydrogen) atoms. The number of alkyl halides is 1. The third-order valence-electron chi connectivity index (χ3n) is 4.99. The summed E-state index contributed by atoms with van der Waals surface area (Å²) in [6.45, 7) is 4.59. The highest BCUT2D eigenvalue weighted by Crippen LogP contribution is 2.19. The fraction of sp³-hybridized carbons (Fsp3) is 1.00. The van der Waals surface area contributed by atoms with Crippen LogP contribution >= 0.6 is 15.9 Å². The standard InChI is InChI=1S/C22H45Br/c1-3-5-7-9-11-13-15-17-19-21-22(23)20-18-16-14-12-10-8-6-4-2/h22H,3-21H2,1-2H3. The van der Waals surface area contributed by atoms with E-state index >= 15 is 0 Å². The second-order valence-electron chi connectivity index (χ2n) is 7.48. The molecule has 140 valence electrons. The molecule has 0 aromatic heterocycles. The summed E-state index contributed by atoms with van der Waals surface area (Å²) in [5.74, 6) is 0. The van der Waals surface area contributed by atoms with Crippen molar-refractivity contribution >= 4 is 15.9 Å². The molecule has 0 amide bonds. The fourth-order valence-electron chi connectivity index (χ4n) is 3.32. The van der Waals surface area contributed by atoms with E-state index in [0.29, 0.717) is 0 Å². The molecule has 0 heterocycles. The summed E-state index contributed by atoms with van der Waals surface area (Å²) in [6, 6.07) is 0. The average molecular weight is 390 g/mol. The zero-order valence-electron chi connectivity index (χ0n) is 16.4. The van der Waals surface area contributed by atoms with Crippen molar-refractivity contribution in [2.24, 2.45) is 0 Å². The summed E-state index contributed by atoms with van der Waals surface area (Å²) in [4.78, 5) is 0.784. The predicted octanol–water partition coefficient (Wildman–Crippen LogP) is 9.20. The third kappa shape index (κ3) is 20.4. The van der Waals surface area contributed by atoms with Crippen LogP contribution in [0.15, 0.2) is 0 Å². The van der Waals surface area contributed by atoms with Crippen LogP contribution < -0.4 is 0 Å². The SMILES string of the molecule is CCCCCCCCCCCC(Br)CCCCCCCCCC. The molecule has 0 spiro atoms. The van der Waals surface area contributed by atoms with Gasteiger partial charge in [-0.2, -0.15) is 0 Å². The summed E-state index contributed by atoms with van der Waals surface area (Å²) in [5, 5.41) is 0. The lowest BCUT2D eigenvalue weighted by Gasteiger charge is -2.09. The second-order valence-corrected chi connectivity index (χ2v) is 8.77. The quantitative estimate of drug-likeness (QED) is 0.152. The Bertz CT molecular complexity index is 202. The van der Waals surface area contributed by atoms with Crippen molar-refractivity contribution in [2.45, 2.75) is 141 Å². The van der Waals surface area contributed by atoms with Crippen LogP contribution in [0, 0.1) is 0 Å². The average Bonchev–Trinajstić information content (AvgIpc) is 2.56. The summed E-state index contributed by atoms with van der Waals surface area (Å²) in [5.41, 5.74) is 0. The van der Waals surface area contributed by atoms with Crippen molar-refractivity contribution in [3.63, 3.8) is 0 Å². The van der Waals surface area contributed by atoms with E-state index in [-0.39, 0.29) is 0 Å². The van der Waals surface area contributed by atoms with Gasteiger partial charge in [0.2, 0.25) is 0 Å². The van der Waals surface area contributed by atoms with Gasteiger partial charge in [-0.15, -0.1) is 0 Å². The van der Waals surface area contributed by atoms with Gasteiger partial charge < -0.3 is 0 Å². The molecule has 0 N–H and O–H groups in total. The van der Waals surface area contributed by atoms with E-state index in [2.05, 4.69) is 29.8 Å². The largest absolute Gasteiger partial charge is 0.0891 e. The van der Waals surface area contributed by atoms with E-state index in [1.54, 1.807) is 0 Å². The molecule has 0 bridgehead atoms. The zero-order chi connectivity index (χ0) is 17.0. The van der Waals surface area contributed by atoms with Crippen LogP contribution in [0.25, 0.3) is 0 Å². The topological polar surface area (TPSA) is 0 Å². The van der Waals surface area contributed by atoms with E-state index in [1.165, 1.54) is 122 Å². The highest BCUT2D eigenvalue weighted by Gasteiger charge is 2.03. The molecule has 0 aliphatic heterocycles. The lowest BCUT2D eigenvalue weighted by atomic mass is 10.0. The molecule has 0 saturated carbocycles. The van der Waals surface area contributed by atoms with E-state index in [9.17, 15) is 0 Å². The molecule has 0 nitrogen and oxygen atoms in total. The lowest BCUT2D eigenvalue weighted by molar-refractivity contribution is 0.531. The molecular formula is C22H45Br. The smallest absolute Gasteiger partial charge is 0.0145 e. The van der Waals surface area contributed by atoms with Crippen LogP contribution in [0.1, 0.15) is 136 Å². The van der Waals surface area contributed by atoms with Crippen LogP contribution in [0.3, 0.4) is 0 Å². The first kappa shape index (κ1) is 23.5. The summed E-state index contributed by atoms with van der Waals surface area (Å²) in [6.07, 6.45) is 27.3. The number of hydrogen-bond acceptors (Lipinski definition) is 0. The maximum atomic E-state index is 3.89. The van der Waals surface area contributed by atoms with Crippen LogP contribution in [-0.4, -0.2) is 4.83 Å². The van der Waals surface area contributed by atoms with Gasteiger partial charge in [0.15, 0.2) is 0 Å². The Balaban J connectivity index is 3.11. The van der Waals surface area contributed by atoms with Gasteiger partial charge in [-0.3, -0.25) is 0 Å². The molecule has 0 radical (unpaired) electrons. The van der Waals surface area contributed by atoms with Gasteiger partial charge in [-0.25, -0.2) is 0 Å². The van der Waals surface area contributed by atoms with Gasteiger partial charge in [-0.05, 0) is 12.8 Å². The Morgan fingerprint density at radius 1 is 0.435 bits per heavy atom. The van der Waals surface area contributed by atoms with Crippen LogP contribution in [0.4, 0.5) is 0 Å². The Morgan fingerprint density at radius 3 is 1.00 bits per heavy atom.